The third-order valence-electron chi connectivity index (χ3n) is 3.68. The molecule has 1 amide bonds. The van der Waals surface area contributed by atoms with Crippen molar-refractivity contribution < 1.29 is 9.90 Å². The van der Waals surface area contributed by atoms with Gasteiger partial charge in [0.15, 0.2) is 0 Å². The Morgan fingerprint density at radius 2 is 1.91 bits per heavy atom. The van der Waals surface area contributed by atoms with Crippen molar-refractivity contribution in [3.05, 3.63) is 65.7 Å². The van der Waals surface area contributed by atoms with Crippen LogP contribution in [0.25, 0.3) is 0 Å². The lowest BCUT2D eigenvalue weighted by molar-refractivity contribution is -0.120. The van der Waals surface area contributed by atoms with E-state index in [1.165, 1.54) is 0 Å². The zero-order chi connectivity index (χ0) is 16.5. The van der Waals surface area contributed by atoms with E-state index in [1.54, 1.807) is 0 Å². The molecule has 23 heavy (non-hydrogen) atoms. The maximum atomic E-state index is 12.2. The predicted molar refractivity (Wildman–Crippen MR) is 93.1 cm³/mol. The third-order valence-corrected chi connectivity index (χ3v) is 3.68. The molecule has 122 valence electrons. The van der Waals surface area contributed by atoms with Gasteiger partial charge >= 0.3 is 0 Å². The van der Waals surface area contributed by atoms with Gasteiger partial charge in [-0.1, -0.05) is 55.8 Å². The summed E-state index contributed by atoms with van der Waals surface area (Å²) in [6, 6.07) is 17.5. The van der Waals surface area contributed by atoms with Crippen molar-refractivity contribution in [3.63, 3.8) is 0 Å². The summed E-state index contributed by atoms with van der Waals surface area (Å²) in [5, 5.41) is 15.3. The fourth-order valence-electron chi connectivity index (χ4n) is 2.50. The second-order valence-corrected chi connectivity index (χ2v) is 5.53. The lowest BCUT2D eigenvalue weighted by Crippen LogP contribution is -2.33. The van der Waals surface area contributed by atoms with Crippen LogP contribution in [0.2, 0.25) is 0 Å². The van der Waals surface area contributed by atoms with Crippen LogP contribution in [0.3, 0.4) is 0 Å². The van der Waals surface area contributed by atoms with Crippen LogP contribution >= 0.6 is 0 Å². The van der Waals surface area contributed by atoms with Crippen molar-refractivity contribution in [1.82, 2.24) is 5.32 Å². The molecule has 1 unspecified atom stereocenters. The molecule has 0 aliphatic heterocycles. The van der Waals surface area contributed by atoms with Gasteiger partial charge in [-0.15, -0.1) is 0 Å². The third kappa shape index (κ3) is 5.42. The van der Waals surface area contributed by atoms with Crippen LogP contribution in [-0.2, 0) is 11.4 Å². The lowest BCUT2D eigenvalue weighted by Gasteiger charge is -2.19. The number of rotatable bonds is 8. The van der Waals surface area contributed by atoms with Crippen LogP contribution < -0.4 is 10.6 Å². The summed E-state index contributed by atoms with van der Waals surface area (Å²) in [6.45, 7) is 2.32. The van der Waals surface area contributed by atoms with E-state index in [0.29, 0.717) is 0 Å². The summed E-state index contributed by atoms with van der Waals surface area (Å²) in [5.74, 6) is -0.0401. The van der Waals surface area contributed by atoms with E-state index in [0.717, 1.165) is 29.7 Å². The van der Waals surface area contributed by atoms with E-state index < -0.39 is 0 Å². The van der Waals surface area contributed by atoms with Crippen molar-refractivity contribution in [2.75, 3.05) is 11.9 Å². The quantitative estimate of drug-likeness (QED) is 0.701. The van der Waals surface area contributed by atoms with Crippen LogP contribution in [0.4, 0.5) is 5.69 Å². The van der Waals surface area contributed by atoms with Crippen LogP contribution in [0.15, 0.2) is 54.6 Å². The molecule has 4 nitrogen and oxygen atoms in total. The van der Waals surface area contributed by atoms with Gasteiger partial charge in [0.05, 0.1) is 19.2 Å². The van der Waals surface area contributed by atoms with E-state index in [-0.39, 0.29) is 25.1 Å². The van der Waals surface area contributed by atoms with Gasteiger partial charge in [0, 0.05) is 5.69 Å². The molecular formula is C19H24N2O2. The van der Waals surface area contributed by atoms with E-state index in [4.69, 9.17) is 5.11 Å². The summed E-state index contributed by atoms with van der Waals surface area (Å²) in [6.07, 6.45) is 1.92. The monoisotopic (exact) mass is 312 g/mol. The highest BCUT2D eigenvalue weighted by Crippen LogP contribution is 2.18. The first-order valence-corrected chi connectivity index (χ1v) is 8.01. The number of carbonyl (C=O) groups excluding carboxylic acids is 1. The summed E-state index contributed by atoms with van der Waals surface area (Å²) in [5.41, 5.74) is 2.78. The number of hydrogen-bond acceptors (Lipinski definition) is 3. The first-order valence-electron chi connectivity index (χ1n) is 8.01. The van der Waals surface area contributed by atoms with Gasteiger partial charge in [-0.25, -0.2) is 0 Å². The highest BCUT2D eigenvalue weighted by Gasteiger charge is 2.13. The van der Waals surface area contributed by atoms with Crippen molar-refractivity contribution in [3.8, 4) is 0 Å². The molecule has 0 aliphatic carbocycles. The van der Waals surface area contributed by atoms with Crippen LogP contribution in [-0.4, -0.2) is 17.6 Å². The minimum atomic E-state index is -0.0401. The van der Waals surface area contributed by atoms with E-state index in [2.05, 4.69) is 17.6 Å². The number of nitrogens with one attached hydrogen (secondary N) is 2. The Balaban J connectivity index is 1.91. The van der Waals surface area contributed by atoms with E-state index >= 15 is 0 Å². The van der Waals surface area contributed by atoms with Gasteiger partial charge in [-0.3, -0.25) is 4.79 Å². The zero-order valence-electron chi connectivity index (χ0n) is 13.5. The Bertz CT molecular complexity index is 614. The first-order chi connectivity index (χ1) is 11.2. The minimum Gasteiger partial charge on any atom is -0.392 e. The lowest BCUT2D eigenvalue weighted by atomic mass is 10.0. The molecule has 3 N–H and O–H groups in total. The Morgan fingerprint density at radius 3 is 2.61 bits per heavy atom. The Kier molecular flexibility index (Phi) is 6.63. The van der Waals surface area contributed by atoms with Crippen LogP contribution in [0.5, 0.6) is 0 Å². The van der Waals surface area contributed by atoms with E-state index in [1.807, 2.05) is 54.6 Å². The second-order valence-electron chi connectivity index (χ2n) is 5.53. The highest BCUT2D eigenvalue weighted by molar-refractivity contribution is 5.81. The molecule has 0 saturated carbocycles. The summed E-state index contributed by atoms with van der Waals surface area (Å²) >= 11 is 0. The van der Waals surface area contributed by atoms with E-state index in [9.17, 15) is 4.79 Å². The molecule has 0 spiro atoms. The molecule has 0 bridgehead atoms. The molecule has 0 radical (unpaired) electrons. The fraction of sp³-hybridized carbons (Fsp3) is 0.316. The van der Waals surface area contributed by atoms with Crippen LogP contribution in [0, 0.1) is 0 Å². The number of carbonyl (C=O) groups is 1. The molecule has 0 aliphatic rings. The largest absolute Gasteiger partial charge is 0.392 e. The van der Waals surface area contributed by atoms with Gasteiger partial charge in [-0.05, 0) is 29.7 Å². The van der Waals surface area contributed by atoms with Crippen molar-refractivity contribution in [2.24, 2.45) is 0 Å². The summed E-state index contributed by atoms with van der Waals surface area (Å²) in [7, 11) is 0. The molecule has 4 heteroatoms. The Labute approximate surface area is 137 Å². The Hall–Kier alpha value is -2.33. The fourth-order valence-corrected chi connectivity index (χ4v) is 2.50. The van der Waals surface area contributed by atoms with Crippen molar-refractivity contribution in [1.29, 1.82) is 0 Å². The molecule has 2 rings (SSSR count). The molecule has 0 heterocycles. The van der Waals surface area contributed by atoms with Gasteiger partial charge in [0.25, 0.3) is 0 Å². The predicted octanol–water partition coefficient (Wildman–Crippen LogP) is 3.25. The SMILES string of the molecule is CCCC(NC(=O)CNc1cccc(CO)c1)c1ccccc1. The average molecular weight is 312 g/mol. The number of anilines is 1. The normalized spacial score (nSPS) is 11.7. The average Bonchev–Trinajstić information content (AvgIpc) is 2.60. The van der Waals surface area contributed by atoms with Crippen LogP contribution in [0.1, 0.15) is 36.9 Å². The number of amides is 1. The number of aliphatic hydroxyl groups excluding tert-OH is 1. The molecule has 0 fully saturated rings. The Morgan fingerprint density at radius 1 is 1.13 bits per heavy atom. The highest BCUT2D eigenvalue weighted by atomic mass is 16.3. The molecule has 0 saturated heterocycles. The van der Waals surface area contributed by atoms with Crippen molar-refractivity contribution in [2.45, 2.75) is 32.4 Å². The second kappa shape index (κ2) is 8.96. The molecule has 2 aromatic carbocycles. The number of aliphatic hydroxyl groups is 1. The molecule has 0 aromatic heterocycles. The van der Waals surface area contributed by atoms with Gasteiger partial charge in [-0.2, -0.15) is 0 Å². The van der Waals surface area contributed by atoms with Gasteiger partial charge < -0.3 is 15.7 Å². The summed E-state index contributed by atoms with van der Waals surface area (Å²) < 4.78 is 0. The smallest absolute Gasteiger partial charge is 0.239 e. The zero-order valence-corrected chi connectivity index (χ0v) is 13.5. The van der Waals surface area contributed by atoms with Crippen molar-refractivity contribution >= 4 is 11.6 Å². The van der Waals surface area contributed by atoms with Gasteiger partial charge in [0.1, 0.15) is 0 Å². The number of benzene rings is 2. The number of hydrogen-bond donors (Lipinski definition) is 3. The maximum Gasteiger partial charge on any atom is 0.239 e. The summed E-state index contributed by atoms with van der Waals surface area (Å²) in [4.78, 5) is 12.2. The van der Waals surface area contributed by atoms with Gasteiger partial charge in [0.2, 0.25) is 5.91 Å². The molecule has 1 atom stereocenters. The maximum absolute atomic E-state index is 12.2. The topological polar surface area (TPSA) is 61.4 Å². The minimum absolute atomic E-state index is 0.00566. The molecular weight excluding hydrogens is 288 g/mol. The molecule has 2 aromatic rings. The first kappa shape index (κ1) is 17.0. The standard InChI is InChI=1S/C19H24N2O2/c1-2-7-18(16-9-4-3-5-10-16)21-19(23)13-20-17-11-6-8-15(12-17)14-22/h3-6,8-12,18,20,22H,2,7,13-14H2,1H3,(H,21,23).